The van der Waals surface area contributed by atoms with Crippen LogP contribution in [-0.4, -0.2) is 48.7 Å². The average Bonchev–Trinajstić information content (AvgIpc) is 2.80. The van der Waals surface area contributed by atoms with Gasteiger partial charge in [0.15, 0.2) is 0 Å². The maximum absolute atomic E-state index is 11.8. The van der Waals surface area contributed by atoms with Gasteiger partial charge in [-0.3, -0.25) is 9.69 Å². The van der Waals surface area contributed by atoms with Crippen molar-refractivity contribution in [3.8, 4) is 0 Å². The lowest BCUT2D eigenvalue weighted by Crippen LogP contribution is -2.45. The Morgan fingerprint density at radius 2 is 2.16 bits per heavy atom. The van der Waals surface area contributed by atoms with Gasteiger partial charge < -0.3 is 10.1 Å². The van der Waals surface area contributed by atoms with Crippen molar-refractivity contribution in [2.24, 2.45) is 0 Å². The van der Waals surface area contributed by atoms with Gasteiger partial charge >= 0.3 is 0 Å². The van der Waals surface area contributed by atoms with Crippen LogP contribution in [0.1, 0.15) is 39.5 Å². The van der Waals surface area contributed by atoms with E-state index in [9.17, 15) is 4.79 Å². The van der Waals surface area contributed by atoms with Crippen molar-refractivity contribution in [3.63, 3.8) is 0 Å². The SMILES string of the molecule is CC1(C)CC(NC(=O)/C=C/CN2CCCC2)CCO1. The van der Waals surface area contributed by atoms with E-state index in [0.29, 0.717) is 0 Å². The standard InChI is InChI=1S/C15H26N2O2/c1-15(2)12-13(7-11-19-15)16-14(18)6-5-10-17-8-3-4-9-17/h5-6,13H,3-4,7-12H2,1-2H3,(H,16,18)/b6-5+. The monoisotopic (exact) mass is 266 g/mol. The van der Waals surface area contributed by atoms with Crippen molar-refractivity contribution >= 4 is 5.91 Å². The minimum atomic E-state index is -0.116. The van der Waals surface area contributed by atoms with Crippen molar-refractivity contribution in [2.75, 3.05) is 26.2 Å². The molecule has 108 valence electrons. The van der Waals surface area contributed by atoms with Crippen LogP contribution < -0.4 is 5.32 Å². The van der Waals surface area contributed by atoms with Crippen molar-refractivity contribution in [2.45, 2.75) is 51.2 Å². The van der Waals surface area contributed by atoms with Crippen molar-refractivity contribution in [1.29, 1.82) is 0 Å². The summed E-state index contributed by atoms with van der Waals surface area (Å²) >= 11 is 0. The van der Waals surface area contributed by atoms with E-state index in [-0.39, 0.29) is 17.6 Å². The van der Waals surface area contributed by atoms with Crippen LogP contribution in [-0.2, 0) is 9.53 Å². The minimum Gasteiger partial charge on any atom is -0.375 e. The van der Waals surface area contributed by atoms with Crippen LogP contribution in [0.4, 0.5) is 0 Å². The Morgan fingerprint density at radius 3 is 2.84 bits per heavy atom. The number of likely N-dealkylation sites (tertiary alicyclic amines) is 1. The molecule has 19 heavy (non-hydrogen) atoms. The van der Waals surface area contributed by atoms with E-state index >= 15 is 0 Å². The second kappa shape index (κ2) is 6.53. The molecule has 1 atom stereocenters. The third-order valence-electron chi connectivity index (χ3n) is 3.87. The summed E-state index contributed by atoms with van der Waals surface area (Å²) in [5.74, 6) is 0.0295. The van der Waals surface area contributed by atoms with E-state index < -0.39 is 0 Å². The van der Waals surface area contributed by atoms with Crippen LogP contribution in [0.5, 0.6) is 0 Å². The average molecular weight is 266 g/mol. The quantitative estimate of drug-likeness (QED) is 0.788. The molecule has 0 saturated carbocycles. The fourth-order valence-electron chi connectivity index (χ4n) is 2.88. The fourth-order valence-corrected chi connectivity index (χ4v) is 2.88. The molecule has 0 aliphatic carbocycles. The van der Waals surface area contributed by atoms with Crippen molar-refractivity contribution in [3.05, 3.63) is 12.2 Å². The highest BCUT2D eigenvalue weighted by Crippen LogP contribution is 2.23. The lowest BCUT2D eigenvalue weighted by atomic mass is 9.94. The molecule has 1 amide bonds. The number of carbonyl (C=O) groups excluding carboxylic acids is 1. The second-order valence-corrected chi connectivity index (χ2v) is 6.22. The molecule has 0 bridgehead atoms. The molecular weight excluding hydrogens is 240 g/mol. The van der Waals surface area contributed by atoms with Crippen molar-refractivity contribution in [1.82, 2.24) is 10.2 Å². The normalized spacial score (nSPS) is 27.8. The van der Waals surface area contributed by atoms with Crippen LogP contribution in [0.15, 0.2) is 12.2 Å². The molecule has 0 aromatic heterocycles. The van der Waals surface area contributed by atoms with Gasteiger partial charge in [0.1, 0.15) is 0 Å². The summed E-state index contributed by atoms with van der Waals surface area (Å²) in [5.41, 5.74) is -0.116. The van der Waals surface area contributed by atoms with E-state index in [1.807, 2.05) is 6.08 Å². The number of ether oxygens (including phenoxy) is 1. The second-order valence-electron chi connectivity index (χ2n) is 6.22. The first-order valence-corrected chi connectivity index (χ1v) is 7.38. The fraction of sp³-hybridized carbons (Fsp3) is 0.800. The van der Waals surface area contributed by atoms with Gasteiger partial charge in [-0.25, -0.2) is 0 Å². The van der Waals surface area contributed by atoms with Crippen LogP contribution in [0.3, 0.4) is 0 Å². The number of hydrogen-bond acceptors (Lipinski definition) is 3. The van der Waals surface area contributed by atoms with E-state index in [2.05, 4.69) is 24.1 Å². The van der Waals surface area contributed by atoms with E-state index in [1.54, 1.807) is 6.08 Å². The molecule has 2 saturated heterocycles. The summed E-state index contributed by atoms with van der Waals surface area (Å²) in [6.45, 7) is 8.12. The molecule has 2 aliphatic heterocycles. The molecular formula is C15H26N2O2. The van der Waals surface area contributed by atoms with Gasteiger partial charge in [-0.1, -0.05) is 6.08 Å². The molecule has 1 N–H and O–H groups in total. The van der Waals surface area contributed by atoms with Gasteiger partial charge in [0.25, 0.3) is 0 Å². The zero-order valence-electron chi connectivity index (χ0n) is 12.2. The first-order chi connectivity index (χ1) is 9.05. The first-order valence-electron chi connectivity index (χ1n) is 7.38. The Kier molecular flexibility index (Phi) is 4.99. The highest BCUT2D eigenvalue weighted by Gasteiger charge is 2.29. The maximum atomic E-state index is 11.8. The lowest BCUT2D eigenvalue weighted by molar-refractivity contribution is -0.119. The van der Waals surface area contributed by atoms with Gasteiger partial charge in [-0.15, -0.1) is 0 Å². The Labute approximate surface area is 116 Å². The summed E-state index contributed by atoms with van der Waals surface area (Å²) in [5, 5.41) is 3.08. The summed E-state index contributed by atoms with van der Waals surface area (Å²) in [6, 6.07) is 0.243. The lowest BCUT2D eigenvalue weighted by Gasteiger charge is -2.35. The van der Waals surface area contributed by atoms with E-state index in [4.69, 9.17) is 4.74 Å². The zero-order chi connectivity index (χ0) is 13.7. The number of rotatable bonds is 4. The molecule has 0 spiro atoms. The summed E-state index contributed by atoms with van der Waals surface area (Å²) in [4.78, 5) is 14.2. The van der Waals surface area contributed by atoms with E-state index in [1.165, 1.54) is 25.9 Å². The molecule has 2 fully saturated rings. The number of amides is 1. The Hall–Kier alpha value is -0.870. The maximum Gasteiger partial charge on any atom is 0.243 e. The Morgan fingerprint density at radius 1 is 1.42 bits per heavy atom. The van der Waals surface area contributed by atoms with Gasteiger partial charge in [0, 0.05) is 25.3 Å². The molecule has 2 heterocycles. The van der Waals surface area contributed by atoms with Gasteiger partial charge in [-0.05, 0) is 52.6 Å². The predicted octanol–water partition coefficient (Wildman–Crippen LogP) is 1.71. The minimum absolute atomic E-state index is 0.0295. The number of hydrogen-bond donors (Lipinski definition) is 1. The summed E-state index contributed by atoms with van der Waals surface area (Å²) in [6.07, 6.45) is 8.04. The molecule has 0 aromatic rings. The molecule has 2 rings (SSSR count). The van der Waals surface area contributed by atoms with Crippen LogP contribution in [0, 0.1) is 0 Å². The number of carbonyl (C=O) groups is 1. The number of nitrogens with zero attached hydrogens (tertiary/aromatic N) is 1. The zero-order valence-corrected chi connectivity index (χ0v) is 12.2. The largest absolute Gasteiger partial charge is 0.375 e. The Bertz CT molecular complexity index is 333. The molecule has 4 nitrogen and oxygen atoms in total. The molecule has 0 radical (unpaired) electrons. The van der Waals surface area contributed by atoms with Crippen LogP contribution >= 0.6 is 0 Å². The number of nitrogens with one attached hydrogen (secondary N) is 1. The van der Waals surface area contributed by atoms with Gasteiger partial charge in [-0.2, -0.15) is 0 Å². The third kappa shape index (κ3) is 4.96. The topological polar surface area (TPSA) is 41.6 Å². The molecule has 1 unspecified atom stereocenters. The highest BCUT2D eigenvalue weighted by molar-refractivity contribution is 5.87. The summed E-state index contributed by atoms with van der Waals surface area (Å²) in [7, 11) is 0. The van der Waals surface area contributed by atoms with Crippen LogP contribution in [0.2, 0.25) is 0 Å². The molecule has 2 aliphatic rings. The van der Waals surface area contributed by atoms with Crippen LogP contribution in [0.25, 0.3) is 0 Å². The smallest absolute Gasteiger partial charge is 0.243 e. The third-order valence-corrected chi connectivity index (χ3v) is 3.87. The van der Waals surface area contributed by atoms with Gasteiger partial charge in [0.05, 0.1) is 5.60 Å². The predicted molar refractivity (Wildman–Crippen MR) is 76.0 cm³/mol. The van der Waals surface area contributed by atoms with Crippen molar-refractivity contribution < 1.29 is 9.53 Å². The highest BCUT2D eigenvalue weighted by atomic mass is 16.5. The first kappa shape index (κ1) is 14.5. The Balaban J connectivity index is 1.69. The van der Waals surface area contributed by atoms with Gasteiger partial charge in [0.2, 0.25) is 5.91 Å². The van der Waals surface area contributed by atoms with E-state index in [0.717, 1.165) is 26.0 Å². The molecule has 4 heteroatoms. The molecule has 0 aromatic carbocycles. The summed E-state index contributed by atoms with van der Waals surface area (Å²) < 4.78 is 5.65.